The second kappa shape index (κ2) is 6.51. The Morgan fingerprint density at radius 3 is 2.26 bits per heavy atom. The van der Waals surface area contributed by atoms with Crippen molar-refractivity contribution in [3.63, 3.8) is 0 Å². The van der Waals surface area contributed by atoms with E-state index < -0.39 is 6.10 Å². The van der Waals surface area contributed by atoms with Gasteiger partial charge in [-0.3, -0.25) is 4.90 Å². The zero-order chi connectivity index (χ0) is 13.8. The van der Waals surface area contributed by atoms with E-state index in [4.69, 9.17) is 0 Å². The molecule has 1 aromatic carbocycles. The molecule has 1 aromatic rings. The van der Waals surface area contributed by atoms with Crippen LogP contribution in [-0.4, -0.2) is 54.2 Å². The van der Waals surface area contributed by atoms with Crippen molar-refractivity contribution in [2.45, 2.75) is 38.0 Å². The predicted molar refractivity (Wildman–Crippen MR) is 79.1 cm³/mol. The molecule has 0 aliphatic carbocycles. The lowest BCUT2D eigenvalue weighted by Crippen LogP contribution is -2.47. The molecule has 2 unspecified atom stereocenters. The van der Waals surface area contributed by atoms with Crippen LogP contribution in [0.25, 0.3) is 0 Å². The average Bonchev–Trinajstić information content (AvgIpc) is 2.46. The minimum Gasteiger partial charge on any atom is -0.387 e. The lowest BCUT2D eigenvalue weighted by molar-refractivity contribution is 0.0319. The second-order valence-electron chi connectivity index (χ2n) is 5.83. The summed E-state index contributed by atoms with van der Waals surface area (Å²) in [7, 11) is 4.31. The van der Waals surface area contributed by atoms with Crippen LogP contribution >= 0.6 is 0 Å². The summed E-state index contributed by atoms with van der Waals surface area (Å²) >= 11 is 0. The summed E-state index contributed by atoms with van der Waals surface area (Å²) in [4.78, 5) is 4.73. The van der Waals surface area contributed by atoms with Crippen LogP contribution in [0, 0.1) is 0 Å². The monoisotopic (exact) mass is 262 g/mol. The maximum atomic E-state index is 10.5. The minimum absolute atomic E-state index is 0.186. The number of piperidine rings is 1. The molecule has 1 aliphatic rings. The van der Waals surface area contributed by atoms with Gasteiger partial charge in [0.2, 0.25) is 0 Å². The Kier molecular flexibility index (Phi) is 4.97. The summed E-state index contributed by atoms with van der Waals surface area (Å²) < 4.78 is 0. The number of likely N-dealkylation sites (tertiary alicyclic amines) is 1. The number of rotatable bonds is 4. The minimum atomic E-state index is -0.392. The smallest absolute Gasteiger partial charge is 0.0942 e. The first-order valence-corrected chi connectivity index (χ1v) is 7.23. The highest BCUT2D eigenvalue weighted by Crippen LogP contribution is 2.24. The molecule has 1 N–H and O–H groups in total. The van der Waals surface area contributed by atoms with Crippen molar-refractivity contribution < 1.29 is 5.11 Å². The molecular weight excluding hydrogens is 236 g/mol. The summed E-state index contributed by atoms with van der Waals surface area (Å²) in [5, 5.41) is 10.5. The van der Waals surface area contributed by atoms with E-state index in [9.17, 15) is 5.11 Å². The number of aliphatic hydroxyl groups excluding tert-OH is 1. The lowest BCUT2D eigenvalue weighted by atomic mass is 9.98. The van der Waals surface area contributed by atoms with E-state index in [1.807, 2.05) is 30.3 Å². The van der Waals surface area contributed by atoms with E-state index in [1.54, 1.807) is 0 Å². The maximum Gasteiger partial charge on any atom is 0.0942 e. The van der Waals surface area contributed by atoms with Crippen LogP contribution < -0.4 is 0 Å². The molecule has 1 saturated heterocycles. The van der Waals surface area contributed by atoms with Crippen LogP contribution in [0.1, 0.15) is 31.4 Å². The van der Waals surface area contributed by atoms with Gasteiger partial charge in [0, 0.05) is 25.2 Å². The molecule has 1 heterocycles. The molecule has 0 spiro atoms. The lowest BCUT2D eigenvalue weighted by Gasteiger charge is -2.39. The van der Waals surface area contributed by atoms with Crippen molar-refractivity contribution in [3.8, 4) is 0 Å². The highest BCUT2D eigenvalue weighted by molar-refractivity contribution is 5.18. The third-order valence-electron chi connectivity index (χ3n) is 4.40. The van der Waals surface area contributed by atoms with Crippen LogP contribution in [0.5, 0.6) is 0 Å². The van der Waals surface area contributed by atoms with Gasteiger partial charge in [0.15, 0.2) is 0 Å². The summed E-state index contributed by atoms with van der Waals surface area (Å²) in [5.74, 6) is 0. The molecule has 2 atom stereocenters. The van der Waals surface area contributed by atoms with Crippen molar-refractivity contribution in [1.82, 2.24) is 9.80 Å². The quantitative estimate of drug-likeness (QED) is 0.900. The van der Waals surface area contributed by atoms with Crippen LogP contribution in [0.3, 0.4) is 0 Å². The first-order chi connectivity index (χ1) is 9.09. The summed E-state index contributed by atoms with van der Waals surface area (Å²) in [6.07, 6.45) is 2.00. The van der Waals surface area contributed by atoms with Crippen LogP contribution in [0.4, 0.5) is 0 Å². The van der Waals surface area contributed by atoms with Crippen molar-refractivity contribution in [2.75, 3.05) is 27.2 Å². The summed E-state index contributed by atoms with van der Waals surface area (Å²) in [6, 6.07) is 10.9. The van der Waals surface area contributed by atoms with Gasteiger partial charge in [-0.25, -0.2) is 0 Å². The highest BCUT2D eigenvalue weighted by atomic mass is 16.3. The molecular formula is C16H26N2O. The van der Waals surface area contributed by atoms with Crippen LogP contribution in [0.15, 0.2) is 30.3 Å². The molecule has 2 rings (SSSR count). The largest absolute Gasteiger partial charge is 0.387 e. The van der Waals surface area contributed by atoms with E-state index in [-0.39, 0.29) is 6.04 Å². The van der Waals surface area contributed by atoms with Crippen molar-refractivity contribution in [3.05, 3.63) is 35.9 Å². The van der Waals surface area contributed by atoms with E-state index in [1.165, 1.54) is 12.8 Å². The number of nitrogens with zero attached hydrogens (tertiary/aromatic N) is 2. The molecule has 0 radical (unpaired) electrons. The van der Waals surface area contributed by atoms with Gasteiger partial charge in [-0.05, 0) is 39.4 Å². The summed E-state index contributed by atoms with van der Waals surface area (Å²) in [6.45, 7) is 4.29. The molecule has 0 amide bonds. The van der Waals surface area contributed by atoms with Crippen molar-refractivity contribution >= 4 is 0 Å². The molecule has 1 aliphatic heterocycles. The highest BCUT2D eigenvalue weighted by Gasteiger charge is 2.27. The van der Waals surface area contributed by atoms with Crippen molar-refractivity contribution in [2.24, 2.45) is 0 Å². The molecule has 0 saturated carbocycles. The number of aliphatic hydroxyl groups is 1. The third-order valence-corrected chi connectivity index (χ3v) is 4.40. The SMILES string of the molecule is CC(C(O)c1ccccc1)N1CCC(N(C)C)CC1. The molecule has 3 heteroatoms. The van der Waals surface area contributed by atoms with Gasteiger partial charge in [-0.15, -0.1) is 0 Å². The Bertz CT molecular complexity index is 372. The third kappa shape index (κ3) is 3.56. The Morgan fingerprint density at radius 2 is 1.74 bits per heavy atom. The molecule has 0 bridgehead atoms. The zero-order valence-electron chi connectivity index (χ0n) is 12.3. The van der Waals surface area contributed by atoms with Crippen LogP contribution in [0.2, 0.25) is 0 Å². The molecule has 106 valence electrons. The molecule has 1 fully saturated rings. The fraction of sp³-hybridized carbons (Fsp3) is 0.625. The Hall–Kier alpha value is -0.900. The fourth-order valence-electron chi connectivity index (χ4n) is 2.94. The van der Waals surface area contributed by atoms with E-state index in [2.05, 4.69) is 30.8 Å². The Morgan fingerprint density at radius 1 is 1.16 bits per heavy atom. The standard InChI is InChI=1S/C16H26N2O/c1-13(16(19)14-7-5-4-6-8-14)18-11-9-15(10-12-18)17(2)3/h4-8,13,15-16,19H,9-12H2,1-3H3. The molecule has 19 heavy (non-hydrogen) atoms. The molecule has 3 nitrogen and oxygen atoms in total. The van der Waals surface area contributed by atoms with Crippen molar-refractivity contribution in [1.29, 1.82) is 0 Å². The van der Waals surface area contributed by atoms with Gasteiger partial charge in [0.05, 0.1) is 6.10 Å². The normalized spacial score (nSPS) is 21.5. The van der Waals surface area contributed by atoms with E-state index >= 15 is 0 Å². The van der Waals surface area contributed by atoms with Gasteiger partial charge < -0.3 is 10.0 Å². The van der Waals surface area contributed by atoms with Gasteiger partial charge in [0.1, 0.15) is 0 Å². The first-order valence-electron chi connectivity index (χ1n) is 7.23. The first kappa shape index (κ1) is 14.5. The average molecular weight is 262 g/mol. The topological polar surface area (TPSA) is 26.7 Å². The van der Waals surface area contributed by atoms with Gasteiger partial charge in [0.25, 0.3) is 0 Å². The fourth-order valence-corrected chi connectivity index (χ4v) is 2.94. The Labute approximate surface area is 116 Å². The van der Waals surface area contributed by atoms with Gasteiger partial charge >= 0.3 is 0 Å². The predicted octanol–water partition coefficient (Wildman–Crippen LogP) is 2.13. The number of benzene rings is 1. The maximum absolute atomic E-state index is 10.5. The second-order valence-corrected chi connectivity index (χ2v) is 5.83. The summed E-state index contributed by atoms with van der Waals surface area (Å²) in [5.41, 5.74) is 1.02. The molecule has 0 aromatic heterocycles. The van der Waals surface area contributed by atoms with Crippen LogP contribution in [-0.2, 0) is 0 Å². The van der Waals surface area contributed by atoms with Gasteiger partial charge in [-0.1, -0.05) is 30.3 Å². The Balaban J connectivity index is 1.92. The van der Waals surface area contributed by atoms with Gasteiger partial charge in [-0.2, -0.15) is 0 Å². The number of hydrogen-bond acceptors (Lipinski definition) is 3. The van der Waals surface area contributed by atoms with E-state index in [0.717, 1.165) is 18.7 Å². The van der Waals surface area contributed by atoms with E-state index in [0.29, 0.717) is 6.04 Å². The number of hydrogen-bond donors (Lipinski definition) is 1. The zero-order valence-corrected chi connectivity index (χ0v) is 12.3.